The van der Waals surface area contributed by atoms with E-state index in [4.69, 9.17) is 10.5 Å². The van der Waals surface area contributed by atoms with E-state index in [1.807, 2.05) is 20.8 Å². The number of hydrogen-bond acceptors (Lipinski definition) is 5. The van der Waals surface area contributed by atoms with Gasteiger partial charge in [0.25, 0.3) is 5.91 Å². The van der Waals surface area contributed by atoms with Gasteiger partial charge in [0.15, 0.2) is 0 Å². The highest BCUT2D eigenvalue weighted by atomic mass is 35.5. The van der Waals surface area contributed by atoms with Crippen LogP contribution >= 0.6 is 36.2 Å². The first-order valence-corrected chi connectivity index (χ1v) is 8.84. The summed E-state index contributed by atoms with van der Waals surface area (Å²) < 4.78 is 18.5. The minimum absolute atomic E-state index is 0. The van der Waals surface area contributed by atoms with Gasteiger partial charge in [-0.25, -0.2) is 9.37 Å². The summed E-state index contributed by atoms with van der Waals surface area (Å²) in [7, 11) is 1.77. The van der Waals surface area contributed by atoms with E-state index in [1.165, 1.54) is 23.5 Å². The minimum Gasteiger partial charge on any atom is -0.486 e. The highest BCUT2D eigenvalue weighted by Crippen LogP contribution is 2.23. The van der Waals surface area contributed by atoms with E-state index in [-0.39, 0.29) is 48.6 Å². The molecule has 0 spiro atoms. The second kappa shape index (κ2) is 10.8. The zero-order valence-electron chi connectivity index (χ0n) is 15.8. The lowest BCUT2D eigenvalue weighted by molar-refractivity contribution is 0.0744. The molecule has 0 fully saturated rings. The van der Waals surface area contributed by atoms with E-state index in [9.17, 15) is 9.18 Å². The molecule has 2 rings (SSSR count). The first-order chi connectivity index (χ1) is 11.7. The molecule has 2 aromatic rings. The molecule has 0 aliphatic rings. The van der Waals surface area contributed by atoms with Gasteiger partial charge >= 0.3 is 0 Å². The molecule has 152 valence electrons. The summed E-state index contributed by atoms with van der Waals surface area (Å²) in [5.41, 5.74) is 6.29. The molecule has 0 bridgehead atoms. The molecule has 0 unspecified atom stereocenters. The van der Waals surface area contributed by atoms with Gasteiger partial charge in [0.05, 0.1) is 5.69 Å². The molecule has 1 heterocycles. The zero-order valence-corrected chi connectivity index (χ0v) is 18.3. The lowest BCUT2D eigenvalue weighted by atomic mass is 9.93. The summed E-state index contributed by atoms with van der Waals surface area (Å²) in [6.45, 7) is 7.18. The molecule has 1 aromatic heterocycles. The topological polar surface area (TPSA) is 68.5 Å². The third-order valence-corrected chi connectivity index (χ3v) is 4.89. The lowest BCUT2D eigenvalue weighted by Gasteiger charge is -2.28. The van der Waals surface area contributed by atoms with Crippen LogP contribution in [0.1, 0.15) is 34.2 Å². The molecule has 0 atom stereocenters. The SMILES string of the molecule is Cc1nc(COc2ccc(F)cc2)sc1C(=O)N(C)CC(C)(C)CN.Cl.Cl. The zero-order chi connectivity index (χ0) is 18.6. The Morgan fingerprint density at radius 1 is 1.30 bits per heavy atom. The van der Waals surface area contributed by atoms with E-state index in [1.54, 1.807) is 24.1 Å². The number of ether oxygens (including phenoxy) is 1. The van der Waals surface area contributed by atoms with Crippen LogP contribution in [-0.4, -0.2) is 35.9 Å². The average Bonchev–Trinajstić information content (AvgIpc) is 2.94. The number of amides is 1. The summed E-state index contributed by atoms with van der Waals surface area (Å²) in [6, 6.07) is 5.80. The second-order valence-electron chi connectivity index (χ2n) is 6.79. The quantitative estimate of drug-likeness (QED) is 0.708. The van der Waals surface area contributed by atoms with Gasteiger partial charge in [0.2, 0.25) is 0 Å². The standard InChI is InChI=1S/C18H24FN3O2S.2ClH/c1-12-16(17(23)22(4)11-18(2,3)10-20)25-15(21-12)9-24-14-7-5-13(19)6-8-14;;/h5-8H,9-11,20H2,1-4H3;2*1H. The van der Waals surface area contributed by atoms with Gasteiger partial charge in [-0.3, -0.25) is 4.79 Å². The fourth-order valence-corrected chi connectivity index (χ4v) is 3.31. The molecule has 27 heavy (non-hydrogen) atoms. The number of aryl methyl sites for hydroxylation is 1. The van der Waals surface area contributed by atoms with Crippen LogP contribution in [-0.2, 0) is 6.61 Å². The summed E-state index contributed by atoms with van der Waals surface area (Å²) in [4.78, 5) is 19.4. The van der Waals surface area contributed by atoms with Crippen LogP contribution < -0.4 is 10.5 Å². The van der Waals surface area contributed by atoms with Crippen LogP contribution in [0.4, 0.5) is 4.39 Å². The number of rotatable bonds is 7. The van der Waals surface area contributed by atoms with Crippen molar-refractivity contribution in [1.29, 1.82) is 0 Å². The maximum absolute atomic E-state index is 12.9. The fourth-order valence-electron chi connectivity index (χ4n) is 2.34. The van der Waals surface area contributed by atoms with Gasteiger partial charge in [0.1, 0.15) is 28.1 Å². The van der Waals surface area contributed by atoms with E-state index >= 15 is 0 Å². The Hall–Kier alpha value is -1.41. The second-order valence-corrected chi connectivity index (χ2v) is 7.88. The Balaban J connectivity index is 0.00000338. The number of carbonyl (C=O) groups is 1. The number of nitrogens with two attached hydrogens (primary N) is 1. The van der Waals surface area contributed by atoms with Crippen molar-refractivity contribution in [2.45, 2.75) is 27.4 Å². The molecular weight excluding hydrogens is 412 g/mol. The lowest BCUT2D eigenvalue weighted by Crippen LogP contribution is -2.39. The number of benzene rings is 1. The van der Waals surface area contributed by atoms with Crippen molar-refractivity contribution in [3.63, 3.8) is 0 Å². The fraction of sp³-hybridized carbons (Fsp3) is 0.444. The van der Waals surface area contributed by atoms with Crippen molar-refractivity contribution in [2.75, 3.05) is 20.1 Å². The van der Waals surface area contributed by atoms with E-state index in [0.717, 1.165) is 0 Å². The van der Waals surface area contributed by atoms with Crippen LogP contribution in [0.25, 0.3) is 0 Å². The maximum Gasteiger partial charge on any atom is 0.265 e. The van der Waals surface area contributed by atoms with Crippen molar-refractivity contribution < 1.29 is 13.9 Å². The Morgan fingerprint density at radius 3 is 2.44 bits per heavy atom. The van der Waals surface area contributed by atoms with E-state index in [2.05, 4.69) is 4.98 Å². The van der Waals surface area contributed by atoms with Crippen LogP contribution in [0.5, 0.6) is 5.75 Å². The van der Waals surface area contributed by atoms with Gasteiger partial charge in [-0.05, 0) is 43.1 Å². The van der Waals surface area contributed by atoms with Gasteiger partial charge in [-0.1, -0.05) is 13.8 Å². The van der Waals surface area contributed by atoms with Crippen molar-refractivity contribution in [3.8, 4) is 5.75 Å². The van der Waals surface area contributed by atoms with Crippen LogP contribution in [0, 0.1) is 18.2 Å². The molecular formula is C18H26Cl2FN3O2S. The van der Waals surface area contributed by atoms with Crippen LogP contribution in [0.3, 0.4) is 0 Å². The Kier molecular flexibility index (Phi) is 10.2. The normalized spacial score (nSPS) is 10.6. The monoisotopic (exact) mass is 437 g/mol. The molecule has 5 nitrogen and oxygen atoms in total. The number of halogens is 3. The Bertz CT molecular complexity index is 739. The molecule has 1 aromatic carbocycles. The summed E-state index contributed by atoms with van der Waals surface area (Å²) >= 11 is 1.32. The maximum atomic E-state index is 12.9. The predicted octanol–water partition coefficient (Wildman–Crippen LogP) is 4.07. The molecule has 9 heteroatoms. The largest absolute Gasteiger partial charge is 0.486 e. The minimum atomic E-state index is -0.311. The van der Waals surface area contributed by atoms with E-state index < -0.39 is 0 Å². The highest BCUT2D eigenvalue weighted by molar-refractivity contribution is 7.13. The van der Waals surface area contributed by atoms with Crippen LogP contribution in [0.15, 0.2) is 24.3 Å². The Morgan fingerprint density at radius 2 is 1.89 bits per heavy atom. The first-order valence-electron chi connectivity index (χ1n) is 8.02. The van der Waals surface area contributed by atoms with E-state index in [0.29, 0.717) is 34.4 Å². The summed E-state index contributed by atoms with van der Waals surface area (Å²) in [5, 5.41) is 0.705. The Labute approximate surface area is 175 Å². The number of carbonyl (C=O) groups excluding carboxylic acids is 1. The van der Waals surface area contributed by atoms with Crippen molar-refractivity contribution in [3.05, 3.63) is 45.7 Å². The van der Waals surface area contributed by atoms with Gasteiger partial charge in [-0.2, -0.15) is 0 Å². The van der Waals surface area contributed by atoms with Crippen LogP contribution in [0.2, 0.25) is 0 Å². The highest BCUT2D eigenvalue weighted by Gasteiger charge is 2.24. The molecule has 0 saturated heterocycles. The smallest absolute Gasteiger partial charge is 0.265 e. The molecule has 2 N–H and O–H groups in total. The van der Waals surface area contributed by atoms with Gasteiger partial charge < -0.3 is 15.4 Å². The van der Waals surface area contributed by atoms with Crippen molar-refractivity contribution >= 4 is 42.1 Å². The summed E-state index contributed by atoms with van der Waals surface area (Å²) in [6.07, 6.45) is 0. The summed E-state index contributed by atoms with van der Waals surface area (Å²) in [5.74, 6) is 0.183. The number of hydrogen-bond donors (Lipinski definition) is 1. The number of aromatic nitrogens is 1. The molecule has 0 aliphatic carbocycles. The molecule has 0 saturated carbocycles. The number of nitrogens with zero attached hydrogens (tertiary/aromatic N) is 2. The third kappa shape index (κ3) is 7.25. The average molecular weight is 438 g/mol. The molecule has 0 radical (unpaired) electrons. The molecule has 1 amide bonds. The van der Waals surface area contributed by atoms with Gasteiger partial charge in [0, 0.05) is 13.6 Å². The van der Waals surface area contributed by atoms with Crippen molar-refractivity contribution in [2.24, 2.45) is 11.1 Å². The molecule has 0 aliphatic heterocycles. The van der Waals surface area contributed by atoms with Gasteiger partial charge in [-0.15, -0.1) is 36.2 Å². The van der Waals surface area contributed by atoms with Crippen molar-refractivity contribution in [1.82, 2.24) is 9.88 Å². The first kappa shape index (κ1) is 25.6. The third-order valence-electron chi connectivity index (χ3n) is 3.78. The number of thiazole rings is 1. The predicted molar refractivity (Wildman–Crippen MR) is 112 cm³/mol.